The minimum absolute atomic E-state index is 0.254. The summed E-state index contributed by atoms with van der Waals surface area (Å²) in [4.78, 5) is 3.09. The van der Waals surface area contributed by atoms with Gasteiger partial charge in [-0.25, -0.2) is 13.1 Å². The lowest BCUT2D eigenvalue weighted by molar-refractivity contribution is 0.479. The molecule has 98 valence electrons. The number of hydrogen-bond acceptors (Lipinski definition) is 3. The maximum atomic E-state index is 11.9. The Balaban J connectivity index is 2.68. The van der Waals surface area contributed by atoms with Gasteiger partial charge in [-0.05, 0) is 12.0 Å². The molecule has 0 saturated heterocycles. The van der Waals surface area contributed by atoms with Gasteiger partial charge in [0.05, 0.1) is 4.90 Å². The van der Waals surface area contributed by atoms with E-state index in [2.05, 4.69) is 23.6 Å². The Bertz CT molecular complexity index is 435. The summed E-state index contributed by atoms with van der Waals surface area (Å²) in [7, 11) is -3.40. The van der Waals surface area contributed by atoms with Gasteiger partial charge in [0.2, 0.25) is 10.0 Å². The zero-order valence-electron chi connectivity index (χ0n) is 10.4. The SMILES string of the molecule is CCC(CC)CNS(=O)(=O)c1c[nH]c(CN)c1. The maximum absolute atomic E-state index is 11.9. The number of nitrogens with one attached hydrogen (secondary N) is 2. The average Bonchev–Trinajstić information content (AvgIpc) is 2.79. The van der Waals surface area contributed by atoms with Crippen molar-refractivity contribution in [2.24, 2.45) is 11.7 Å². The van der Waals surface area contributed by atoms with E-state index >= 15 is 0 Å². The zero-order valence-corrected chi connectivity index (χ0v) is 11.2. The van der Waals surface area contributed by atoms with Crippen LogP contribution in [0.4, 0.5) is 0 Å². The van der Waals surface area contributed by atoms with Gasteiger partial charge in [-0.2, -0.15) is 0 Å². The van der Waals surface area contributed by atoms with Crippen molar-refractivity contribution in [2.75, 3.05) is 6.54 Å². The summed E-state index contributed by atoms with van der Waals surface area (Å²) < 4.78 is 26.5. The summed E-state index contributed by atoms with van der Waals surface area (Å²) in [5.41, 5.74) is 6.14. The van der Waals surface area contributed by atoms with Crippen molar-refractivity contribution >= 4 is 10.0 Å². The van der Waals surface area contributed by atoms with Crippen LogP contribution in [0.5, 0.6) is 0 Å². The average molecular weight is 259 g/mol. The van der Waals surface area contributed by atoms with Crippen molar-refractivity contribution in [1.29, 1.82) is 0 Å². The first-order valence-electron chi connectivity index (χ1n) is 5.90. The third-order valence-electron chi connectivity index (χ3n) is 2.96. The van der Waals surface area contributed by atoms with Gasteiger partial charge in [0.1, 0.15) is 0 Å². The molecule has 0 spiro atoms. The molecule has 0 atom stereocenters. The lowest BCUT2D eigenvalue weighted by Gasteiger charge is -2.12. The summed E-state index contributed by atoms with van der Waals surface area (Å²) in [6.45, 7) is 4.91. The first kappa shape index (κ1) is 14.2. The molecule has 6 heteroatoms. The van der Waals surface area contributed by atoms with Crippen molar-refractivity contribution in [2.45, 2.75) is 38.1 Å². The molecule has 1 aromatic rings. The standard InChI is InChI=1S/C11H21N3O2S/c1-3-9(4-2)7-14-17(15,16)11-5-10(6-12)13-8-11/h5,8-9,13-14H,3-4,6-7,12H2,1-2H3. The van der Waals surface area contributed by atoms with Gasteiger partial charge in [0.15, 0.2) is 0 Å². The van der Waals surface area contributed by atoms with Crippen LogP contribution in [0.25, 0.3) is 0 Å². The van der Waals surface area contributed by atoms with Gasteiger partial charge < -0.3 is 10.7 Å². The largest absolute Gasteiger partial charge is 0.363 e. The smallest absolute Gasteiger partial charge is 0.242 e. The molecule has 1 aromatic heterocycles. The Morgan fingerprint density at radius 3 is 2.53 bits per heavy atom. The fraction of sp³-hybridized carbons (Fsp3) is 0.636. The second-order valence-electron chi connectivity index (χ2n) is 4.10. The molecule has 0 amide bonds. The van der Waals surface area contributed by atoms with Gasteiger partial charge >= 0.3 is 0 Å². The van der Waals surface area contributed by atoms with Gasteiger partial charge in [0.25, 0.3) is 0 Å². The van der Waals surface area contributed by atoms with Crippen LogP contribution in [0, 0.1) is 5.92 Å². The first-order chi connectivity index (χ1) is 8.03. The fourth-order valence-corrected chi connectivity index (χ4v) is 2.71. The van der Waals surface area contributed by atoms with E-state index in [-0.39, 0.29) is 4.90 Å². The molecule has 0 bridgehead atoms. The molecule has 0 aliphatic rings. The Kier molecular flexibility index (Phi) is 5.17. The van der Waals surface area contributed by atoms with E-state index in [1.807, 2.05) is 0 Å². The molecule has 0 fully saturated rings. The summed E-state index contributed by atoms with van der Waals surface area (Å²) in [6, 6.07) is 1.56. The molecule has 0 radical (unpaired) electrons. The monoisotopic (exact) mass is 259 g/mol. The van der Waals surface area contributed by atoms with Crippen LogP contribution in [-0.2, 0) is 16.6 Å². The Labute approximate surface area is 103 Å². The summed E-state index contributed by atoms with van der Waals surface area (Å²) in [5.74, 6) is 0.387. The lowest BCUT2D eigenvalue weighted by atomic mass is 10.0. The Hall–Kier alpha value is -0.850. The lowest BCUT2D eigenvalue weighted by Crippen LogP contribution is -2.28. The third kappa shape index (κ3) is 3.83. The fourth-order valence-electron chi connectivity index (χ4n) is 1.58. The predicted molar refractivity (Wildman–Crippen MR) is 67.9 cm³/mol. The second kappa shape index (κ2) is 6.18. The highest BCUT2D eigenvalue weighted by Crippen LogP contribution is 2.12. The quantitative estimate of drug-likeness (QED) is 0.687. The molecule has 0 aliphatic carbocycles. The summed E-state index contributed by atoms with van der Waals surface area (Å²) in [6.07, 6.45) is 3.41. The molecule has 1 rings (SSSR count). The Morgan fingerprint density at radius 2 is 2.06 bits per heavy atom. The van der Waals surface area contributed by atoms with E-state index in [4.69, 9.17) is 5.73 Å². The molecule has 1 heterocycles. The van der Waals surface area contributed by atoms with Crippen LogP contribution in [-0.4, -0.2) is 19.9 Å². The van der Waals surface area contributed by atoms with E-state index in [0.717, 1.165) is 12.8 Å². The highest BCUT2D eigenvalue weighted by molar-refractivity contribution is 7.89. The van der Waals surface area contributed by atoms with Crippen molar-refractivity contribution < 1.29 is 8.42 Å². The molecule has 0 unspecified atom stereocenters. The van der Waals surface area contributed by atoms with E-state index < -0.39 is 10.0 Å². The van der Waals surface area contributed by atoms with Crippen LogP contribution in [0.15, 0.2) is 17.2 Å². The van der Waals surface area contributed by atoms with Crippen molar-refractivity contribution in [3.8, 4) is 0 Å². The molecule has 4 N–H and O–H groups in total. The zero-order chi connectivity index (χ0) is 12.9. The van der Waals surface area contributed by atoms with E-state index in [1.165, 1.54) is 6.20 Å². The van der Waals surface area contributed by atoms with Crippen LogP contribution >= 0.6 is 0 Å². The first-order valence-corrected chi connectivity index (χ1v) is 7.38. The molecule has 0 aliphatic heterocycles. The topological polar surface area (TPSA) is 88.0 Å². The van der Waals surface area contributed by atoms with Crippen LogP contribution < -0.4 is 10.5 Å². The maximum Gasteiger partial charge on any atom is 0.242 e. The predicted octanol–water partition coefficient (Wildman–Crippen LogP) is 1.19. The number of aromatic nitrogens is 1. The number of aromatic amines is 1. The minimum atomic E-state index is -3.40. The highest BCUT2D eigenvalue weighted by Gasteiger charge is 2.16. The number of H-pyrrole nitrogens is 1. The second-order valence-corrected chi connectivity index (χ2v) is 5.87. The van der Waals surface area contributed by atoms with E-state index in [1.54, 1.807) is 6.07 Å². The van der Waals surface area contributed by atoms with Crippen molar-refractivity contribution in [3.63, 3.8) is 0 Å². The van der Waals surface area contributed by atoms with Crippen LogP contribution in [0.1, 0.15) is 32.4 Å². The molecular formula is C11H21N3O2S. The van der Waals surface area contributed by atoms with E-state index in [9.17, 15) is 8.42 Å². The number of rotatable bonds is 7. The number of hydrogen-bond donors (Lipinski definition) is 3. The van der Waals surface area contributed by atoms with E-state index in [0.29, 0.717) is 24.7 Å². The molecular weight excluding hydrogens is 238 g/mol. The molecule has 5 nitrogen and oxygen atoms in total. The van der Waals surface area contributed by atoms with Crippen LogP contribution in [0.2, 0.25) is 0 Å². The van der Waals surface area contributed by atoms with Crippen molar-refractivity contribution in [1.82, 2.24) is 9.71 Å². The number of sulfonamides is 1. The highest BCUT2D eigenvalue weighted by atomic mass is 32.2. The van der Waals surface area contributed by atoms with Gasteiger partial charge in [0, 0.05) is 25.0 Å². The molecule has 17 heavy (non-hydrogen) atoms. The summed E-state index contributed by atoms with van der Waals surface area (Å²) >= 11 is 0. The molecule has 0 aromatic carbocycles. The van der Waals surface area contributed by atoms with Crippen molar-refractivity contribution in [3.05, 3.63) is 18.0 Å². The van der Waals surface area contributed by atoms with Gasteiger partial charge in [-0.3, -0.25) is 0 Å². The summed E-state index contributed by atoms with van der Waals surface area (Å²) in [5, 5.41) is 0. The van der Waals surface area contributed by atoms with Gasteiger partial charge in [-0.1, -0.05) is 26.7 Å². The minimum Gasteiger partial charge on any atom is -0.363 e. The number of nitrogens with two attached hydrogens (primary N) is 1. The molecule has 0 saturated carbocycles. The van der Waals surface area contributed by atoms with Crippen LogP contribution in [0.3, 0.4) is 0 Å². The Morgan fingerprint density at radius 1 is 1.41 bits per heavy atom. The third-order valence-corrected chi connectivity index (χ3v) is 4.37. The van der Waals surface area contributed by atoms with Gasteiger partial charge in [-0.15, -0.1) is 0 Å². The normalized spacial score (nSPS) is 12.2.